The van der Waals surface area contributed by atoms with E-state index in [1.165, 1.54) is 12.3 Å². The van der Waals surface area contributed by atoms with Gasteiger partial charge in [-0.2, -0.15) is 4.73 Å². The molecule has 2 heterocycles. The molecular formula is C18H21N3O3. The molecule has 6 nitrogen and oxygen atoms in total. The summed E-state index contributed by atoms with van der Waals surface area (Å²) in [6, 6.07) is 12.4. The standard InChI is InChI=1S/C18H21N3O3/c1-13-11-20(12-14(2)24-13)16-8-4-3-7-15(16)19-18(22)17-9-5-6-10-21(17)23/h3-10,13-14H,11-12H2,1-2H3,(H,19,22)/t13-,14-/m0/s1. The van der Waals surface area contributed by atoms with Crippen molar-refractivity contribution in [3.8, 4) is 0 Å². The molecule has 1 amide bonds. The molecule has 0 saturated carbocycles. The van der Waals surface area contributed by atoms with Crippen molar-refractivity contribution >= 4 is 17.3 Å². The number of aromatic nitrogens is 1. The number of morpholine rings is 1. The average Bonchev–Trinajstić information content (AvgIpc) is 2.54. The van der Waals surface area contributed by atoms with Gasteiger partial charge >= 0.3 is 5.91 Å². The molecule has 1 aliphatic rings. The van der Waals surface area contributed by atoms with Gasteiger partial charge in [0, 0.05) is 25.2 Å². The summed E-state index contributed by atoms with van der Waals surface area (Å²) in [5, 5.41) is 14.6. The topological polar surface area (TPSA) is 68.5 Å². The van der Waals surface area contributed by atoms with Crippen molar-refractivity contribution in [3.05, 3.63) is 59.6 Å². The highest BCUT2D eigenvalue weighted by molar-refractivity contribution is 6.03. The van der Waals surface area contributed by atoms with Crippen LogP contribution in [0.5, 0.6) is 0 Å². The number of nitrogens with one attached hydrogen (secondary N) is 1. The molecule has 1 N–H and O–H groups in total. The monoisotopic (exact) mass is 327 g/mol. The van der Waals surface area contributed by atoms with Crippen LogP contribution in [0.2, 0.25) is 0 Å². The summed E-state index contributed by atoms with van der Waals surface area (Å²) in [6.45, 7) is 5.58. The van der Waals surface area contributed by atoms with E-state index >= 15 is 0 Å². The lowest BCUT2D eigenvalue weighted by Crippen LogP contribution is -2.45. The van der Waals surface area contributed by atoms with Crippen molar-refractivity contribution in [2.24, 2.45) is 0 Å². The first kappa shape index (κ1) is 16.3. The Bertz CT molecular complexity index is 725. The minimum absolute atomic E-state index is 0.0658. The van der Waals surface area contributed by atoms with E-state index in [4.69, 9.17) is 4.74 Å². The zero-order chi connectivity index (χ0) is 17.1. The molecule has 1 fully saturated rings. The SMILES string of the molecule is C[C@H]1CN(c2ccccc2NC(=O)c2cccc[n+]2[O-])C[C@H](C)O1. The van der Waals surface area contributed by atoms with Crippen LogP contribution in [0.4, 0.5) is 11.4 Å². The van der Waals surface area contributed by atoms with E-state index in [0.717, 1.165) is 18.8 Å². The van der Waals surface area contributed by atoms with Crippen molar-refractivity contribution in [1.82, 2.24) is 0 Å². The van der Waals surface area contributed by atoms with Crippen molar-refractivity contribution in [2.75, 3.05) is 23.3 Å². The third kappa shape index (κ3) is 3.49. The van der Waals surface area contributed by atoms with Gasteiger partial charge < -0.3 is 20.2 Å². The summed E-state index contributed by atoms with van der Waals surface area (Å²) in [4.78, 5) is 14.6. The van der Waals surface area contributed by atoms with Crippen LogP contribution in [0.3, 0.4) is 0 Å². The summed E-state index contributed by atoms with van der Waals surface area (Å²) >= 11 is 0. The molecule has 0 unspecified atom stereocenters. The van der Waals surface area contributed by atoms with Gasteiger partial charge in [0.25, 0.3) is 5.69 Å². The molecule has 0 aliphatic carbocycles. The summed E-state index contributed by atoms with van der Waals surface area (Å²) in [6.07, 6.45) is 1.55. The largest absolute Gasteiger partial charge is 0.618 e. The summed E-state index contributed by atoms with van der Waals surface area (Å²) in [5.74, 6) is -0.424. The maximum absolute atomic E-state index is 12.4. The molecule has 0 radical (unpaired) electrons. The first-order valence-electron chi connectivity index (χ1n) is 8.03. The second kappa shape index (κ2) is 6.88. The van der Waals surface area contributed by atoms with Crippen molar-refractivity contribution in [3.63, 3.8) is 0 Å². The Morgan fingerprint density at radius 3 is 2.54 bits per heavy atom. The van der Waals surface area contributed by atoms with Gasteiger partial charge in [-0.05, 0) is 32.0 Å². The van der Waals surface area contributed by atoms with Crippen LogP contribution < -0.4 is 14.9 Å². The Morgan fingerprint density at radius 2 is 1.83 bits per heavy atom. The van der Waals surface area contributed by atoms with E-state index < -0.39 is 5.91 Å². The van der Waals surface area contributed by atoms with Gasteiger partial charge in [0.1, 0.15) is 0 Å². The lowest BCUT2D eigenvalue weighted by molar-refractivity contribution is -0.607. The molecule has 1 aliphatic heterocycles. The maximum Gasteiger partial charge on any atom is 0.321 e. The molecule has 126 valence electrons. The van der Waals surface area contributed by atoms with Gasteiger partial charge in [-0.25, -0.2) is 0 Å². The summed E-state index contributed by atoms with van der Waals surface area (Å²) in [7, 11) is 0. The molecule has 3 rings (SSSR count). The highest BCUT2D eigenvalue weighted by atomic mass is 16.5. The summed E-state index contributed by atoms with van der Waals surface area (Å²) in [5.41, 5.74) is 1.69. The zero-order valence-electron chi connectivity index (χ0n) is 13.8. The first-order valence-corrected chi connectivity index (χ1v) is 8.03. The summed E-state index contributed by atoms with van der Waals surface area (Å²) < 4.78 is 6.34. The molecule has 1 saturated heterocycles. The molecule has 24 heavy (non-hydrogen) atoms. The number of hydrogen-bond acceptors (Lipinski definition) is 4. The van der Waals surface area contributed by atoms with E-state index in [0.29, 0.717) is 10.4 Å². The highest BCUT2D eigenvalue weighted by Gasteiger charge is 2.25. The number of rotatable bonds is 3. The second-order valence-electron chi connectivity index (χ2n) is 6.05. The second-order valence-corrected chi connectivity index (χ2v) is 6.05. The number of ether oxygens (including phenoxy) is 1. The fourth-order valence-corrected chi connectivity index (χ4v) is 3.02. The number of benzene rings is 1. The van der Waals surface area contributed by atoms with Crippen LogP contribution >= 0.6 is 0 Å². The third-order valence-electron chi connectivity index (χ3n) is 3.97. The Kier molecular flexibility index (Phi) is 4.66. The van der Waals surface area contributed by atoms with E-state index in [1.54, 1.807) is 12.1 Å². The fraction of sp³-hybridized carbons (Fsp3) is 0.333. The van der Waals surface area contributed by atoms with Gasteiger partial charge in [0.05, 0.1) is 23.6 Å². The average molecular weight is 327 g/mol. The molecule has 0 bridgehead atoms. The Balaban J connectivity index is 1.84. The Hall–Kier alpha value is -2.60. The predicted molar refractivity (Wildman–Crippen MR) is 92.0 cm³/mol. The first-order chi connectivity index (χ1) is 11.5. The number of amides is 1. The molecule has 0 spiro atoms. The smallest absolute Gasteiger partial charge is 0.321 e. The van der Waals surface area contributed by atoms with Crippen LogP contribution in [-0.4, -0.2) is 31.2 Å². The van der Waals surface area contributed by atoms with Gasteiger partial charge in [-0.15, -0.1) is 0 Å². The minimum atomic E-state index is -0.424. The quantitative estimate of drug-likeness (QED) is 0.693. The van der Waals surface area contributed by atoms with E-state index in [2.05, 4.69) is 10.2 Å². The predicted octanol–water partition coefficient (Wildman–Crippen LogP) is 2.19. The van der Waals surface area contributed by atoms with Gasteiger partial charge in [-0.1, -0.05) is 12.1 Å². The molecule has 6 heteroatoms. The lowest BCUT2D eigenvalue weighted by atomic mass is 10.1. The maximum atomic E-state index is 12.4. The van der Waals surface area contributed by atoms with E-state index in [-0.39, 0.29) is 17.9 Å². The van der Waals surface area contributed by atoms with Crippen LogP contribution in [0.25, 0.3) is 0 Å². The lowest BCUT2D eigenvalue weighted by Gasteiger charge is -2.37. The fourth-order valence-electron chi connectivity index (χ4n) is 3.02. The van der Waals surface area contributed by atoms with Crippen LogP contribution in [0.15, 0.2) is 48.7 Å². The number of nitrogens with zero attached hydrogens (tertiary/aromatic N) is 2. The molecule has 2 aromatic rings. The molecular weight excluding hydrogens is 306 g/mol. The Morgan fingerprint density at radius 1 is 1.17 bits per heavy atom. The van der Waals surface area contributed by atoms with Gasteiger partial charge in [0.15, 0.2) is 6.20 Å². The third-order valence-corrected chi connectivity index (χ3v) is 3.97. The molecule has 2 atom stereocenters. The van der Waals surface area contributed by atoms with Crippen molar-refractivity contribution < 1.29 is 14.3 Å². The van der Waals surface area contributed by atoms with E-state index in [9.17, 15) is 10.0 Å². The van der Waals surface area contributed by atoms with E-state index in [1.807, 2.05) is 38.1 Å². The van der Waals surface area contributed by atoms with Crippen molar-refractivity contribution in [1.29, 1.82) is 0 Å². The number of para-hydroxylation sites is 2. The number of carbonyl (C=O) groups excluding carboxylic acids is 1. The normalized spacial score (nSPS) is 20.7. The number of hydrogen-bond donors (Lipinski definition) is 1. The van der Waals surface area contributed by atoms with Crippen LogP contribution in [0.1, 0.15) is 24.3 Å². The molecule has 1 aromatic heterocycles. The number of carbonyl (C=O) groups is 1. The minimum Gasteiger partial charge on any atom is -0.618 e. The number of pyridine rings is 1. The van der Waals surface area contributed by atoms with Crippen molar-refractivity contribution in [2.45, 2.75) is 26.1 Å². The van der Waals surface area contributed by atoms with Gasteiger partial charge in [0.2, 0.25) is 0 Å². The van der Waals surface area contributed by atoms with Crippen LogP contribution in [0, 0.1) is 5.21 Å². The van der Waals surface area contributed by atoms with Crippen LogP contribution in [-0.2, 0) is 4.74 Å². The van der Waals surface area contributed by atoms with Gasteiger partial charge in [-0.3, -0.25) is 4.79 Å². The Labute approximate surface area is 141 Å². The number of anilines is 2. The molecule has 1 aromatic carbocycles. The highest BCUT2D eigenvalue weighted by Crippen LogP contribution is 2.28. The zero-order valence-corrected chi connectivity index (χ0v) is 13.8.